The minimum Gasteiger partial charge on any atom is -0.367 e. The van der Waals surface area contributed by atoms with Crippen molar-refractivity contribution in [1.29, 1.82) is 0 Å². The monoisotopic (exact) mass is 271 g/mol. The Morgan fingerprint density at radius 1 is 1.21 bits per heavy atom. The Hall–Kier alpha value is -2.00. The number of aromatic nitrogens is 2. The molecule has 0 spiro atoms. The molecule has 1 aromatic heterocycles. The van der Waals surface area contributed by atoms with E-state index < -0.39 is 0 Å². The predicted octanol–water partition coefficient (Wildman–Crippen LogP) is 4.07. The highest BCUT2D eigenvalue weighted by atomic mass is 35.5. The van der Waals surface area contributed by atoms with Gasteiger partial charge in [0.15, 0.2) is 0 Å². The highest BCUT2D eigenvalue weighted by Gasteiger charge is 2.02. The second-order valence-electron chi connectivity index (χ2n) is 4.55. The fourth-order valence-electron chi connectivity index (χ4n) is 2.07. The second-order valence-corrected chi connectivity index (χ2v) is 4.99. The summed E-state index contributed by atoms with van der Waals surface area (Å²) in [4.78, 5) is 4.41. The van der Waals surface area contributed by atoms with Gasteiger partial charge < -0.3 is 9.88 Å². The van der Waals surface area contributed by atoms with Gasteiger partial charge in [0.05, 0.1) is 24.0 Å². The second kappa shape index (κ2) is 4.94. The van der Waals surface area contributed by atoms with Crippen LogP contribution in [0.3, 0.4) is 0 Å². The first kappa shape index (κ1) is 12.1. The van der Waals surface area contributed by atoms with Crippen LogP contribution >= 0.6 is 11.6 Å². The van der Waals surface area contributed by atoms with Crippen molar-refractivity contribution < 1.29 is 0 Å². The zero-order chi connectivity index (χ0) is 13.2. The number of anilines is 1. The van der Waals surface area contributed by atoms with Crippen molar-refractivity contribution >= 4 is 28.3 Å². The number of halogens is 1. The van der Waals surface area contributed by atoms with Gasteiger partial charge in [0, 0.05) is 10.7 Å². The van der Waals surface area contributed by atoms with Gasteiger partial charge >= 0.3 is 0 Å². The lowest BCUT2D eigenvalue weighted by molar-refractivity contribution is 0.800. The van der Waals surface area contributed by atoms with Gasteiger partial charge in [0.2, 0.25) is 0 Å². The van der Waals surface area contributed by atoms with Crippen LogP contribution in [0.15, 0.2) is 48.8 Å². The molecule has 3 nitrogen and oxygen atoms in total. The van der Waals surface area contributed by atoms with Crippen LogP contribution in [0.25, 0.3) is 11.0 Å². The largest absolute Gasteiger partial charge is 0.367 e. The van der Waals surface area contributed by atoms with Crippen molar-refractivity contribution in [3.8, 4) is 0 Å². The SMILES string of the molecule is Cc1ccc2c(c1)ncn2CNc1cccc(Cl)c1. The van der Waals surface area contributed by atoms with Gasteiger partial charge in [-0.25, -0.2) is 4.98 Å². The van der Waals surface area contributed by atoms with Crippen molar-refractivity contribution in [3.63, 3.8) is 0 Å². The van der Waals surface area contributed by atoms with E-state index in [2.05, 4.69) is 40.0 Å². The van der Waals surface area contributed by atoms with Crippen molar-refractivity contribution in [3.05, 3.63) is 59.4 Å². The van der Waals surface area contributed by atoms with E-state index in [9.17, 15) is 0 Å². The van der Waals surface area contributed by atoms with Crippen molar-refractivity contribution in [2.75, 3.05) is 5.32 Å². The summed E-state index contributed by atoms with van der Waals surface area (Å²) in [6.07, 6.45) is 1.85. The molecule has 4 heteroatoms. The Bertz CT molecular complexity index is 718. The predicted molar refractivity (Wildman–Crippen MR) is 79.5 cm³/mol. The first-order valence-corrected chi connectivity index (χ1v) is 6.51. The highest BCUT2D eigenvalue weighted by molar-refractivity contribution is 6.30. The Morgan fingerprint density at radius 3 is 2.95 bits per heavy atom. The maximum atomic E-state index is 5.96. The van der Waals surface area contributed by atoms with Gasteiger partial charge in [-0.2, -0.15) is 0 Å². The summed E-state index contributed by atoms with van der Waals surface area (Å²) >= 11 is 5.96. The first-order chi connectivity index (χ1) is 9.22. The van der Waals surface area contributed by atoms with Crippen LogP contribution in [-0.2, 0) is 6.67 Å². The highest BCUT2D eigenvalue weighted by Crippen LogP contribution is 2.17. The molecule has 0 aliphatic rings. The van der Waals surface area contributed by atoms with Gasteiger partial charge in [-0.05, 0) is 42.8 Å². The molecule has 0 saturated heterocycles. The number of benzene rings is 2. The van der Waals surface area contributed by atoms with E-state index in [1.165, 1.54) is 5.56 Å². The van der Waals surface area contributed by atoms with E-state index >= 15 is 0 Å². The average Bonchev–Trinajstić information content (AvgIpc) is 2.78. The number of hydrogen-bond acceptors (Lipinski definition) is 2. The normalized spacial score (nSPS) is 10.8. The first-order valence-electron chi connectivity index (χ1n) is 6.13. The minimum absolute atomic E-state index is 0.667. The van der Waals surface area contributed by atoms with Crippen molar-refractivity contribution in [1.82, 2.24) is 9.55 Å². The quantitative estimate of drug-likeness (QED) is 0.778. The summed E-state index contributed by atoms with van der Waals surface area (Å²) in [5, 5.41) is 4.07. The number of aryl methyl sites for hydroxylation is 1. The number of imidazole rings is 1. The number of hydrogen-bond donors (Lipinski definition) is 1. The molecule has 0 atom stereocenters. The van der Waals surface area contributed by atoms with Gasteiger partial charge in [-0.3, -0.25) is 0 Å². The van der Waals surface area contributed by atoms with Gasteiger partial charge in [-0.15, -0.1) is 0 Å². The third kappa shape index (κ3) is 2.56. The molecule has 0 saturated carbocycles. The molecule has 0 radical (unpaired) electrons. The molecule has 1 N–H and O–H groups in total. The van der Waals surface area contributed by atoms with Crippen LogP contribution in [-0.4, -0.2) is 9.55 Å². The topological polar surface area (TPSA) is 29.9 Å². The molecule has 1 heterocycles. The third-order valence-electron chi connectivity index (χ3n) is 3.05. The Labute approximate surface area is 116 Å². The molecule has 0 aliphatic heterocycles. The smallest absolute Gasteiger partial charge is 0.0973 e. The van der Waals surface area contributed by atoms with Crippen molar-refractivity contribution in [2.24, 2.45) is 0 Å². The summed E-state index contributed by atoms with van der Waals surface area (Å²) in [5.41, 5.74) is 4.37. The number of rotatable bonds is 3. The van der Waals surface area contributed by atoms with Crippen LogP contribution in [0.4, 0.5) is 5.69 Å². The molecule has 0 amide bonds. The fourth-order valence-corrected chi connectivity index (χ4v) is 2.27. The van der Waals surface area contributed by atoms with E-state index in [4.69, 9.17) is 11.6 Å². The summed E-state index contributed by atoms with van der Waals surface area (Å²) in [6.45, 7) is 2.74. The van der Waals surface area contributed by atoms with E-state index in [-0.39, 0.29) is 0 Å². The van der Waals surface area contributed by atoms with Crippen molar-refractivity contribution in [2.45, 2.75) is 13.6 Å². The molecule has 3 rings (SSSR count). The van der Waals surface area contributed by atoms with Gasteiger partial charge in [-0.1, -0.05) is 23.7 Å². The zero-order valence-electron chi connectivity index (χ0n) is 10.6. The molecule has 0 unspecified atom stereocenters. The van der Waals surface area contributed by atoms with Gasteiger partial charge in [0.1, 0.15) is 0 Å². The van der Waals surface area contributed by atoms with Crippen LogP contribution in [0.2, 0.25) is 5.02 Å². The Morgan fingerprint density at radius 2 is 2.11 bits per heavy atom. The molecule has 19 heavy (non-hydrogen) atoms. The molecule has 2 aromatic carbocycles. The molecular weight excluding hydrogens is 258 g/mol. The van der Waals surface area contributed by atoms with E-state index in [0.29, 0.717) is 6.67 Å². The number of nitrogens with zero attached hydrogens (tertiary/aromatic N) is 2. The van der Waals surface area contributed by atoms with Crippen LogP contribution < -0.4 is 5.32 Å². The van der Waals surface area contributed by atoms with Crippen LogP contribution in [0.1, 0.15) is 5.56 Å². The Kier molecular flexibility index (Phi) is 3.13. The Balaban J connectivity index is 1.82. The van der Waals surface area contributed by atoms with E-state index in [1.54, 1.807) is 0 Å². The van der Waals surface area contributed by atoms with Gasteiger partial charge in [0.25, 0.3) is 0 Å². The molecule has 0 bridgehead atoms. The molecule has 0 aliphatic carbocycles. The zero-order valence-corrected chi connectivity index (χ0v) is 11.4. The molecular formula is C15H14ClN3. The summed E-state index contributed by atoms with van der Waals surface area (Å²) in [7, 11) is 0. The standard InChI is InChI=1S/C15H14ClN3/c1-11-5-6-15-14(7-11)18-10-19(15)9-17-13-4-2-3-12(16)8-13/h2-8,10,17H,9H2,1H3. The number of nitrogens with one attached hydrogen (secondary N) is 1. The lowest BCUT2D eigenvalue weighted by atomic mass is 10.2. The van der Waals surface area contributed by atoms with Crippen LogP contribution in [0, 0.1) is 6.92 Å². The summed E-state index contributed by atoms with van der Waals surface area (Å²) in [6, 6.07) is 14.0. The lowest BCUT2D eigenvalue weighted by Crippen LogP contribution is -2.06. The maximum absolute atomic E-state index is 5.96. The van der Waals surface area contributed by atoms with Crippen LogP contribution in [0.5, 0.6) is 0 Å². The maximum Gasteiger partial charge on any atom is 0.0973 e. The number of fused-ring (bicyclic) bond motifs is 1. The summed E-state index contributed by atoms with van der Waals surface area (Å²) in [5.74, 6) is 0. The third-order valence-corrected chi connectivity index (χ3v) is 3.29. The van der Waals surface area contributed by atoms with E-state index in [0.717, 1.165) is 21.7 Å². The molecule has 96 valence electrons. The molecule has 3 aromatic rings. The van der Waals surface area contributed by atoms with E-state index in [1.807, 2.05) is 30.6 Å². The lowest BCUT2D eigenvalue weighted by Gasteiger charge is -2.08. The molecule has 0 fully saturated rings. The minimum atomic E-state index is 0.667. The fraction of sp³-hybridized carbons (Fsp3) is 0.133. The summed E-state index contributed by atoms with van der Waals surface area (Å²) < 4.78 is 2.08. The average molecular weight is 272 g/mol.